The van der Waals surface area contributed by atoms with Gasteiger partial charge in [-0.05, 0) is 36.0 Å². The van der Waals surface area contributed by atoms with Gasteiger partial charge in [-0.15, -0.1) is 10.5 Å². The fraction of sp³-hybridized carbons (Fsp3) is 0.143. The molecule has 4 N–H and O–H groups in total. The first-order valence-electron chi connectivity index (χ1n) is 6.05. The van der Waals surface area contributed by atoms with Crippen molar-refractivity contribution in [1.29, 1.82) is 0 Å². The van der Waals surface area contributed by atoms with Crippen molar-refractivity contribution in [3.63, 3.8) is 0 Å². The van der Waals surface area contributed by atoms with Gasteiger partial charge >= 0.3 is 0 Å². The van der Waals surface area contributed by atoms with Gasteiger partial charge in [0.05, 0.1) is 5.56 Å². The van der Waals surface area contributed by atoms with Gasteiger partial charge in [0, 0.05) is 6.54 Å². The summed E-state index contributed by atoms with van der Waals surface area (Å²) in [4.78, 5) is 0. The van der Waals surface area contributed by atoms with E-state index in [1.165, 1.54) is 0 Å². The number of hydrogen-bond acceptors (Lipinski definition) is 2. The molecule has 0 saturated heterocycles. The van der Waals surface area contributed by atoms with Crippen LogP contribution in [0, 0.1) is 0 Å². The minimum atomic E-state index is 0.224. The summed E-state index contributed by atoms with van der Waals surface area (Å²) in [6.07, 6.45) is 1.70. The Kier molecular flexibility index (Phi) is 4.30. The average molecular weight is 274 g/mol. The molecule has 0 aliphatic heterocycles. The zero-order chi connectivity index (χ0) is 13.7. The lowest BCUT2D eigenvalue weighted by Gasteiger charge is -2.03. The third-order valence-electron chi connectivity index (χ3n) is 2.69. The zero-order valence-electron chi connectivity index (χ0n) is 10.6. The summed E-state index contributed by atoms with van der Waals surface area (Å²) < 4.78 is 0. The number of benzene rings is 2. The molecule has 0 spiro atoms. The Labute approximate surface area is 117 Å². The van der Waals surface area contributed by atoms with Gasteiger partial charge < -0.3 is 10.4 Å². The van der Waals surface area contributed by atoms with Gasteiger partial charge in [0.2, 0.25) is 11.3 Å². The summed E-state index contributed by atoms with van der Waals surface area (Å²) in [5.74, 6) is 0.224. The molecule has 0 radical (unpaired) electrons. The van der Waals surface area contributed by atoms with E-state index in [0.29, 0.717) is 5.11 Å². The molecule has 2 aromatic carbocycles. The van der Waals surface area contributed by atoms with Crippen LogP contribution in [0.1, 0.15) is 12.5 Å². The molecule has 2 rings (SSSR count). The molecule has 0 atom stereocenters. The minimum Gasteiger partial charge on any atom is -0.507 e. The van der Waals surface area contributed by atoms with Crippen molar-refractivity contribution in [3.05, 3.63) is 42.0 Å². The first kappa shape index (κ1) is 13.3. The standard InChI is InChI=1S/C14H15N3OS/c1-2-15-14(19)17-16-9-12-11-6-4-3-5-10(11)7-8-13(12)18/h3-9,18H,2H2,1H3,(H2,15,17,19)/p+1/b16-9+. The van der Waals surface area contributed by atoms with Crippen LogP contribution in [0.25, 0.3) is 10.8 Å². The highest BCUT2D eigenvalue weighted by atomic mass is 32.1. The van der Waals surface area contributed by atoms with Crippen molar-refractivity contribution >= 4 is 34.3 Å². The largest absolute Gasteiger partial charge is 0.507 e. The van der Waals surface area contributed by atoms with E-state index in [0.717, 1.165) is 22.9 Å². The van der Waals surface area contributed by atoms with Crippen molar-refractivity contribution in [2.45, 2.75) is 6.92 Å². The first-order chi connectivity index (χ1) is 9.22. The lowest BCUT2D eigenvalue weighted by Crippen LogP contribution is -2.82. The highest BCUT2D eigenvalue weighted by molar-refractivity contribution is 7.80. The molecule has 0 aliphatic rings. The molecule has 0 fully saturated rings. The molecule has 4 nitrogen and oxygen atoms in total. The van der Waals surface area contributed by atoms with Crippen molar-refractivity contribution in [3.8, 4) is 5.75 Å². The Bertz CT molecular complexity index is 625. The number of rotatable bonds is 3. The zero-order valence-corrected chi connectivity index (χ0v) is 11.4. The van der Waals surface area contributed by atoms with Crippen molar-refractivity contribution in [2.75, 3.05) is 6.54 Å². The van der Waals surface area contributed by atoms with Crippen LogP contribution in [0.4, 0.5) is 0 Å². The maximum Gasteiger partial charge on any atom is 0.223 e. The molecule has 19 heavy (non-hydrogen) atoms. The number of hydrazine groups is 1. The van der Waals surface area contributed by atoms with Crippen LogP contribution in [0.5, 0.6) is 5.75 Å². The second kappa shape index (κ2) is 6.15. The van der Waals surface area contributed by atoms with Crippen LogP contribution >= 0.6 is 12.2 Å². The van der Waals surface area contributed by atoms with Crippen molar-refractivity contribution in [1.82, 2.24) is 10.7 Å². The second-order valence-corrected chi connectivity index (χ2v) is 4.40. The smallest absolute Gasteiger partial charge is 0.223 e. The molecular weight excluding hydrogens is 258 g/mol. The van der Waals surface area contributed by atoms with E-state index in [1.807, 2.05) is 37.3 Å². The molecule has 98 valence electrons. The number of hydrogen-bond donors (Lipinski definition) is 4. The summed E-state index contributed by atoms with van der Waals surface area (Å²) in [6, 6.07) is 11.4. The summed E-state index contributed by atoms with van der Waals surface area (Å²) in [5, 5.41) is 18.3. The fourth-order valence-electron chi connectivity index (χ4n) is 1.81. The Morgan fingerprint density at radius 2 is 2.11 bits per heavy atom. The number of phenols is 1. The number of fused-ring (bicyclic) bond motifs is 1. The van der Waals surface area contributed by atoms with Gasteiger partial charge in [-0.25, -0.2) is 0 Å². The monoisotopic (exact) mass is 274 g/mol. The molecule has 5 heteroatoms. The summed E-state index contributed by atoms with van der Waals surface area (Å²) in [5.41, 5.74) is 3.55. The number of aromatic hydroxyl groups is 1. The Morgan fingerprint density at radius 1 is 1.32 bits per heavy atom. The number of phenolic OH excluding ortho intramolecular Hbond substituents is 1. The lowest BCUT2D eigenvalue weighted by molar-refractivity contribution is -0.500. The highest BCUT2D eigenvalue weighted by Crippen LogP contribution is 2.24. The van der Waals surface area contributed by atoms with E-state index < -0.39 is 0 Å². The molecule has 0 saturated carbocycles. The molecule has 0 heterocycles. The maximum atomic E-state index is 9.93. The van der Waals surface area contributed by atoms with Gasteiger partial charge in [-0.2, -0.15) is 0 Å². The van der Waals surface area contributed by atoms with Crippen LogP contribution < -0.4 is 15.8 Å². The molecule has 2 aromatic rings. The Hall–Kier alpha value is -2.14. The maximum absolute atomic E-state index is 9.93. The van der Waals surface area contributed by atoms with E-state index in [2.05, 4.69) is 15.8 Å². The lowest BCUT2D eigenvalue weighted by atomic mass is 10.0. The molecule has 0 aliphatic carbocycles. The van der Waals surface area contributed by atoms with Crippen LogP contribution in [0.2, 0.25) is 0 Å². The second-order valence-electron chi connectivity index (χ2n) is 3.99. The predicted molar refractivity (Wildman–Crippen MR) is 81.2 cm³/mol. The van der Waals surface area contributed by atoms with E-state index in [4.69, 9.17) is 12.2 Å². The minimum absolute atomic E-state index is 0.224. The van der Waals surface area contributed by atoms with Crippen LogP contribution in [0.15, 0.2) is 36.4 Å². The topological polar surface area (TPSA) is 58.3 Å². The van der Waals surface area contributed by atoms with E-state index in [-0.39, 0.29) is 5.75 Å². The Balaban J connectivity index is 2.27. The SMILES string of the molecule is CCNC(=S)N/[NH+]=C/c1c(O)ccc2ccccc12. The van der Waals surface area contributed by atoms with Gasteiger partial charge in [0.15, 0.2) is 0 Å². The third kappa shape index (κ3) is 3.20. The predicted octanol–water partition coefficient (Wildman–Crippen LogP) is 0.444. The summed E-state index contributed by atoms with van der Waals surface area (Å²) in [6.45, 7) is 2.72. The molecule has 0 amide bonds. The van der Waals surface area contributed by atoms with Crippen LogP contribution in [0.3, 0.4) is 0 Å². The number of thiocarbonyl (C=S) groups is 1. The van der Waals surface area contributed by atoms with Crippen LogP contribution in [-0.2, 0) is 0 Å². The number of nitrogens with one attached hydrogen (secondary N) is 3. The van der Waals surface area contributed by atoms with Crippen molar-refractivity contribution in [2.24, 2.45) is 0 Å². The third-order valence-corrected chi connectivity index (χ3v) is 2.93. The first-order valence-corrected chi connectivity index (χ1v) is 6.46. The van der Waals surface area contributed by atoms with Gasteiger partial charge in [-0.1, -0.05) is 30.3 Å². The fourth-order valence-corrected chi connectivity index (χ4v) is 2.02. The van der Waals surface area contributed by atoms with E-state index in [9.17, 15) is 5.11 Å². The quantitative estimate of drug-likeness (QED) is 0.373. The molecular formula is C14H16N3OS+. The van der Waals surface area contributed by atoms with Gasteiger partial charge in [0.25, 0.3) is 0 Å². The highest BCUT2D eigenvalue weighted by Gasteiger charge is 2.06. The normalized spacial score (nSPS) is 10.8. The van der Waals surface area contributed by atoms with Crippen molar-refractivity contribution < 1.29 is 10.2 Å². The summed E-state index contributed by atoms with van der Waals surface area (Å²) >= 11 is 5.03. The number of hydrazone groups is 1. The van der Waals surface area contributed by atoms with Gasteiger partial charge in [-0.3, -0.25) is 0 Å². The van der Waals surface area contributed by atoms with Gasteiger partial charge in [0.1, 0.15) is 5.75 Å². The molecule has 0 aromatic heterocycles. The van der Waals surface area contributed by atoms with E-state index in [1.54, 1.807) is 12.3 Å². The Morgan fingerprint density at radius 3 is 2.89 bits per heavy atom. The molecule has 0 unspecified atom stereocenters. The summed E-state index contributed by atoms with van der Waals surface area (Å²) in [7, 11) is 0. The average Bonchev–Trinajstić information content (AvgIpc) is 2.41. The van der Waals surface area contributed by atoms with E-state index >= 15 is 0 Å². The van der Waals surface area contributed by atoms with Crippen LogP contribution in [-0.4, -0.2) is 23.0 Å². The molecule has 0 bridgehead atoms.